The molecule has 2 amide bonds. The molecule has 182 valence electrons. The minimum absolute atomic E-state index is 0.0253. The van der Waals surface area contributed by atoms with E-state index >= 15 is 0 Å². The van der Waals surface area contributed by atoms with Crippen molar-refractivity contribution in [1.29, 1.82) is 0 Å². The zero-order chi connectivity index (χ0) is 24.8. The highest BCUT2D eigenvalue weighted by molar-refractivity contribution is 5.91. The summed E-state index contributed by atoms with van der Waals surface area (Å²) in [7, 11) is 0. The van der Waals surface area contributed by atoms with E-state index in [-0.39, 0.29) is 44.3 Å². The largest absolute Gasteiger partial charge is 0.479 e. The van der Waals surface area contributed by atoms with Gasteiger partial charge in [-0.25, -0.2) is 14.3 Å². The monoisotopic (exact) mass is 479 g/mol. The number of nitrogens with zero attached hydrogens (tertiary/aromatic N) is 3. The van der Waals surface area contributed by atoms with E-state index in [1.807, 2.05) is 36.4 Å². The Labute approximate surface area is 200 Å². The van der Waals surface area contributed by atoms with Crippen LogP contribution in [0.25, 0.3) is 11.1 Å². The predicted molar refractivity (Wildman–Crippen MR) is 124 cm³/mol. The number of carboxylic acids is 1. The first-order chi connectivity index (χ1) is 16.9. The number of hydrogen-bond acceptors (Lipinski definition) is 7. The standard InChI is InChI=1S/C24H25N5O6/c30-21(23(32)33)9-10-25-22(31)20-13-29(28-27-20)12-11-26-24(34)35-14-19-17-7-3-1-5-15(17)16-6-2-4-8-18(16)19/h1-8,13,19,21,30H,9-12,14H2,(H,25,31)(H,26,34)(H,32,33). The number of amides is 2. The summed E-state index contributed by atoms with van der Waals surface area (Å²) < 4.78 is 6.87. The second-order valence-corrected chi connectivity index (χ2v) is 8.02. The minimum Gasteiger partial charge on any atom is -0.479 e. The van der Waals surface area contributed by atoms with Crippen LogP contribution in [0.4, 0.5) is 4.79 Å². The summed E-state index contributed by atoms with van der Waals surface area (Å²) in [5.74, 6) is -1.92. The maximum Gasteiger partial charge on any atom is 0.407 e. The molecule has 0 saturated carbocycles. The number of aliphatic carboxylic acids is 1. The molecule has 1 aliphatic rings. The van der Waals surface area contributed by atoms with Crippen LogP contribution in [0.15, 0.2) is 54.7 Å². The molecule has 0 radical (unpaired) electrons. The molecule has 11 heteroatoms. The third-order valence-electron chi connectivity index (χ3n) is 5.71. The first-order valence-corrected chi connectivity index (χ1v) is 11.1. The molecule has 3 aromatic rings. The molecule has 1 atom stereocenters. The Morgan fingerprint density at radius 2 is 1.66 bits per heavy atom. The van der Waals surface area contributed by atoms with Gasteiger partial charge in [-0.05, 0) is 22.3 Å². The summed E-state index contributed by atoms with van der Waals surface area (Å²) in [6.45, 7) is 0.667. The van der Waals surface area contributed by atoms with Crippen LogP contribution in [-0.2, 0) is 16.1 Å². The van der Waals surface area contributed by atoms with Crippen LogP contribution < -0.4 is 10.6 Å². The van der Waals surface area contributed by atoms with Crippen LogP contribution in [0.1, 0.15) is 34.0 Å². The highest BCUT2D eigenvalue weighted by Crippen LogP contribution is 2.44. The Morgan fingerprint density at radius 1 is 1.00 bits per heavy atom. The van der Waals surface area contributed by atoms with Crippen molar-refractivity contribution in [3.63, 3.8) is 0 Å². The van der Waals surface area contributed by atoms with Gasteiger partial charge < -0.3 is 25.6 Å². The van der Waals surface area contributed by atoms with E-state index in [0.29, 0.717) is 0 Å². The highest BCUT2D eigenvalue weighted by Gasteiger charge is 2.29. The van der Waals surface area contributed by atoms with Crippen molar-refractivity contribution in [3.05, 3.63) is 71.5 Å². The van der Waals surface area contributed by atoms with E-state index in [4.69, 9.17) is 9.84 Å². The fourth-order valence-corrected chi connectivity index (χ4v) is 3.97. The van der Waals surface area contributed by atoms with Crippen LogP contribution in [-0.4, -0.2) is 69.0 Å². The van der Waals surface area contributed by atoms with E-state index in [2.05, 4.69) is 33.1 Å². The average molecular weight is 479 g/mol. The lowest BCUT2D eigenvalue weighted by molar-refractivity contribution is -0.146. The Morgan fingerprint density at radius 3 is 2.31 bits per heavy atom. The van der Waals surface area contributed by atoms with Gasteiger partial charge in [0.05, 0.1) is 12.7 Å². The van der Waals surface area contributed by atoms with Gasteiger partial charge in [0.25, 0.3) is 5.91 Å². The number of carbonyl (C=O) groups excluding carboxylic acids is 2. The van der Waals surface area contributed by atoms with Gasteiger partial charge in [-0.15, -0.1) is 5.10 Å². The van der Waals surface area contributed by atoms with E-state index < -0.39 is 24.1 Å². The van der Waals surface area contributed by atoms with Gasteiger partial charge in [0.2, 0.25) is 0 Å². The molecule has 0 spiro atoms. The summed E-state index contributed by atoms with van der Waals surface area (Å²) in [6, 6.07) is 16.2. The minimum atomic E-state index is -1.55. The fraction of sp³-hybridized carbons (Fsp3) is 0.292. The molecule has 11 nitrogen and oxygen atoms in total. The second-order valence-electron chi connectivity index (χ2n) is 8.02. The Hall–Kier alpha value is -4.25. The number of hydrogen-bond donors (Lipinski definition) is 4. The maximum absolute atomic E-state index is 12.2. The Kier molecular flexibility index (Phi) is 7.36. The molecule has 4 N–H and O–H groups in total. The number of aliphatic hydroxyl groups is 1. The van der Waals surface area contributed by atoms with Gasteiger partial charge in [-0.2, -0.15) is 0 Å². The number of nitrogens with one attached hydrogen (secondary N) is 2. The molecule has 1 heterocycles. The molecule has 1 aromatic heterocycles. The van der Waals surface area contributed by atoms with Crippen molar-refractivity contribution in [1.82, 2.24) is 25.6 Å². The molecule has 1 unspecified atom stereocenters. The molecular weight excluding hydrogens is 454 g/mol. The van der Waals surface area contributed by atoms with Crippen molar-refractivity contribution in [2.24, 2.45) is 0 Å². The number of rotatable bonds is 10. The van der Waals surface area contributed by atoms with Gasteiger partial charge in [-0.3, -0.25) is 4.79 Å². The number of benzene rings is 2. The molecular formula is C24H25N5O6. The van der Waals surface area contributed by atoms with Gasteiger partial charge in [0, 0.05) is 25.4 Å². The van der Waals surface area contributed by atoms with Crippen molar-refractivity contribution in [3.8, 4) is 11.1 Å². The summed E-state index contributed by atoms with van der Waals surface area (Å²) >= 11 is 0. The predicted octanol–water partition coefficient (Wildman–Crippen LogP) is 1.38. The Bertz CT molecular complexity index is 1180. The van der Waals surface area contributed by atoms with E-state index in [0.717, 1.165) is 22.3 Å². The maximum atomic E-state index is 12.2. The number of alkyl carbamates (subject to hydrolysis) is 1. The van der Waals surface area contributed by atoms with Crippen molar-refractivity contribution < 1.29 is 29.3 Å². The molecule has 0 saturated heterocycles. The normalized spacial score (nSPS) is 12.9. The van der Waals surface area contributed by atoms with E-state index in [1.165, 1.54) is 10.9 Å². The third kappa shape index (κ3) is 5.64. The van der Waals surface area contributed by atoms with E-state index in [1.54, 1.807) is 0 Å². The van der Waals surface area contributed by atoms with Crippen LogP contribution in [0.2, 0.25) is 0 Å². The number of carbonyl (C=O) groups is 3. The van der Waals surface area contributed by atoms with Gasteiger partial charge in [-0.1, -0.05) is 53.7 Å². The lowest BCUT2D eigenvalue weighted by Gasteiger charge is -2.14. The molecule has 2 aromatic carbocycles. The lowest BCUT2D eigenvalue weighted by atomic mass is 9.98. The average Bonchev–Trinajstić information content (AvgIpc) is 3.45. The van der Waals surface area contributed by atoms with Gasteiger partial charge in [0.15, 0.2) is 11.8 Å². The third-order valence-corrected chi connectivity index (χ3v) is 5.71. The summed E-state index contributed by atoms with van der Waals surface area (Å²) in [4.78, 5) is 34.9. The lowest BCUT2D eigenvalue weighted by Crippen LogP contribution is -2.30. The van der Waals surface area contributed by atoms with Gasteiger partial charge >= 0.3 is 12.1 Å². The summed E-state index contributed by atoms with van der Waals surface area (Å²) in [6.07, 6.45) is -0.821. The molecule has 1 aliphatic carbocycles. The van der Waals surface area contributed by atoms with E-state index in [9.17, 15) is 19.5 Å². The first-order valence-electron chi connectivity index (χ1n) is 11.1. The SMILES string of the molecule is O=C(NCCn1cc(C(=O)NCCC(O)C(=O)O)nn1)OCC1c2ccccc2-c2ccccc21. The van der Waals surface area contributed by atoms with Gasteiger partial charge in [0.1, 0.15) is 6.61 Å². The molecule has 35 heavy (non-hydrogen) atoms. The highest BCUT2D eigenvalue weighted by atomic mass is 16.5. The summed E-state index contributed by atoms with van der Waals surface area (Å²) in [5, 5.41) is 30.6. The van der Waals surface area contributed by atoms with Crippen LogP contribution in [0.5, 0.6) is 0 Å². The smallest absolute Gasteiger partial charge is 0.407 e. The number of aromatic nitrogens is 3. The Balaban J connectivity index is 1.21. The zero-order valence-corrected chi connectivity index (χ0v) is 18.8. The summed E-state index contributed by atoms with van der Waals surface area (Å²) in [5.41, 5.74) is 4.61. The molecule has 0 fully saturated rings. The number of fused-ring (bicyclic) bond motifs is 3. The number of ether oxygens (including phenoxy) is 1. The van der Waals surface area contributed by atoms with Crippen LogP contribution in [0, 0.1) is 0 Å². The van der Waals surface area contributed by atoms with Crippen LogP contribution >= 0.6 is 0 Å². The number of carboxylic acid groups (broad SMARTS) is 1. The fourth-order valence-electron chi connectivity index (χ4n) is 3.97. The zero-order valence-electron chi connectivity index (χ0n) is 18.8. The first kappa shape index (κ1) is 23.9. The van der Waals surface area contributed by atoms with Crippen molar-refractivity contribution in [2.75, 3.05) is 19.7 Å². The number of aliphatic hydroxyl groups excluding tert-OH is 1. The quantitative estimate of drug-likeness (QED) is 0.340. The molecule has 4 rings (SSSR count). The van der Waals surface area contributed by atoms with Crippen molar-refractivity contribution in [2.45, 2.75) is 25.0 Å². The second kappa shape index (κ2) is 10.8. The molecule has 0 bridgehead atoms. The van der Waals surface area contributed by atoms with Crippen molar-refractivity contribution >= 4 is 18.0 Å². The molecule has 0 aliphatic heterocycles. The van der Waals surface area contributed by atoms with Crippen LogP contribution in [0.3, 0.4) is 0 Å². The topological polar surface area (TPSA) is 156 Å².